The summed E-state index contributed by atoms with van der Waals surface area (Å²) < 4.78 is 38.5. The number of nitriles is 1. The number of amides is 1. The number of carbonyl (C=O) groups is 1. The van der Waals surface area contributed by atoms with E-state index in [9.17, 15) is 17.6 Å². The van der Waals surface area contributed by atoms with Gasteiger partial charge in [-0.1, -0.05) is 24.3 Å². The van der Waals surface area contributed by atoms with Gasteiger partial charge in [-0.3, -0.25) is 4.79 Å². The first kappa shape index (κ1) is 19.6. The number of hydrogen-bond acceptors (Lipinski definition) is 4. The van der Waals surface area contributed by atoms with E-state index in [2.05, 4.69) is 5.32 Å². The molecule has 6 nitrogen and oxygen atoms in total. The zero-order valence-electron chi connectivity index (χ0n) is 14.1. The molecular weight excluding hydrogens is 357 g/mol. The van der Waals surface area contributed by atoms with Gasteiger partial charge in [-0.15, -0.1) is 0 Å². The van der Waals surface area contributed by atoms with Crippen molar-refractivity contribution in [1.29, 1.82) is 5.26 Å². The summed E-state index contributed by atoms with van der Waals surface area (Å²) in [7, 11) is -3.65. The van der Waals surface area contributed by atoms with E-state index in [1.165, 1.54) is 12.1 Å². The molecule has 0 heterocycles. The molecule has 136 valence electrons. The van der Waals surface area contributed by atoms with Crippen LogP contribution in [-0.2, 0) is 21.2 Å². The van der Waals surface area contributed by atoms with Gasteiger partial charge in [-0.25, -0.2) is 12.8 Å². The quantitative estimate of drug-likeness (QED) is 0.803. The van der Waals surface area contributed by atoms with Crippen molar-refractivity contribution in [2.75, 3.05) is 24.7 Å². The molecule has 0 atom stereocenters. The maximum Gasteiger partial charge on any atom is 0.239 e. The number of benzene rings is 2. The van der Waals surface area contributed by atoms with E-state index < -0.39 is 28.3 Å². The molecule has 0 aliphatic heterocycles. The van der Waals surface area contributed by atoms with E-state index in [1.54, 1.807) is 36.4 Å². The summed E-state index contributed by atoms with van der Waals surface area (Å²) >= 11 is 0. The fourth-order valence-corrected chi connectivity index (χ4v) is 3.11. The molecule has 2 aromatic carbocycles. The van der Waals surface area contributed by atoms with Crippen molar-refractivity contribution >= 4 is 21.6 Å². The smallest absolute Gasteiger partial charge is 0.239 e. The number of carbonyl (C=O) groups excluding carboxylic acids is 1. The predicted octanol–water partition coefficient (Wildman–Crippen LogP) is 2.14. The number of nitrogens with one attached hydrogen (secondary N) is 1. The second kappa shape index (κ2) is 8.56. The molecule has 0 saturated heterocycles. The molecule has 1 amide bonds. The Hall–Kier alpha value is -2.76. The third-order valence-corrected chi connectivity index (χ3v) is 4.90. The van der Waals surface area contributed by atoms with Gasteiger partial charge in [0.1, 0.15) is 5.82 Å². The minimum Gasteiger partial charge on any atom is -0.325 e. The minimum atomic E-state index is -3.65. The number of sulfonamides is 1. The third kappa shape index (κ3) is 5.65. The molecule has 0 radical (unpaired) electrons. The van der Waals surface area contributed by atoms with Gasteiger partial charge in [0.25, 0.3) is 0 Å². The molecule has 0 bridgehead atoms. The largest absolute Gasteiger partial charge is 0.325 e. The average molecular weight is 375 g/mol. The number of anilines is 1. The summed E-state index contributed by atoms with van der Waals surface area (Å²) in [6.45, 7) is -0.421. The zero-order chi connectivity index (χ0) is 19.2. The van der Waals surface area contributed by atoms with E-state index in [-0.39, 0.29) is 13.0 Å². The van der Waals surface area contributed by atoms with Crippen molar-refractivity contribution in [1.82, 2.24) is 4.31 Å². The molecule has 0 spiro atoms. The van der Waals surface area contributed by atoms with Crippen LogP contribution in [0.2, 0.25) is 0 Å². The van der Waals surface area contributed by atoms with Gasteiger partial charge in [-0.05, 0) is 36.2 Å². The van der Waals surface area contributed by atoms with Crippen LogP contribution in [-0.4, -0.2) is 38.0 Å². The molecule has 0 aromatic heterocycles. The van der Waals surface area contributed by atoms with Gasteiger partial charge < -0.3 is 5.32 Å². The fourth-order valence-electron chi connectivity index (χ4n) is 2.34. The number of halogens is 1. The lowest BCUT2D eigenvalue weighted by atomic mass is 10.1. The molecule has 26 heavy (non-hydrogen) atoms. The maximum atomic E-state index is 13.7. The average Bonchev–Trinajstić information content (AvgIpc) is 2.59. The van der Waals surface area contributed by atoms with Gasteiger partial charge in [0.2, 0.25) is 15.9 Å². The molecular formula is C18H18FN3O3S. The Labute approximate surface area is 151 Å². The van der Waals surface area contributed by atoms with E-state index >= 15 is 0 Å². The maximum absolute atomic E-state index is 13.7. The van der Waals surface area contributed by atoms with Gasteiger partial charge in [-0.2, -0.15) is 9.57 Å². The van der Waals surface area contributed by atoms with Crippen LogP contribution in [0.5, 0.6) is 0 Å². The van der Waals surface area contributed by atoms with Crippen LogP contribution < -0.4 is 5.32 Å². The number of rotatable bonds is 7. The standard InChI is InChI=1S/C18H18FN3O3S/c1-26(24,25)22(10-9-15-6-2-3-8-17(15)19)13-18(23)21-16-7-4-5-14(11-16)12-20/h2-8,11H,9-10,13H2,1H3,(H,21,23). The molecule has 0 unspecified atom stereocenters. The molecule has 0 saturated carbocycles. The van der Waals surface area contributed by atoms with E-state index in [0.29, 0.717) is 16.8 Å². The molecule has 2 rings (SSSR count). The predicted molar refractivity (Wildman–Crippen MR) is 96.3 cm³/mol. The lowest BCUT2D eigenvalue weighted by Gasteiger charge is -2.19. The van der Waals surface area contributed by atoms with Crippen LogP contribution in [0.3, 0.4) is 0 Å². The Morgan fingerprint density at radius 3 is 2.62 bits per heavy atom. The SMILES string of the molecule is CS(=O)(=O)N(CCc1ccccc1F)CC(=O)Nc1cccc(C#N)c1. The molecule has 0 aliphatic carbocycles. The van der Waals surface area contributed by atoms with E-state index in [1.807, 2.05) is 6.07 Å². The first-order valence-electron chi connectivity index (χ1n) is 7.78. The van der Waals surface area contributed by atoms with Crippen LogP contribution in [0.25, 0.3) is 0 Å². The molecule has 0 aliphatic rings. The van der Waals surface area contributed by atoms with Crippen molar-refractivity contribution in [3.63, 3.8) is 0 Å². The van der Waals surface area contributed by atoms with Crippen molar-refractivity contribution in [3.8, 4) is 6.07 Å². The second-order valence-electron chi connectivity index (χ2n) is 5.68. The van der Waals surface area contributed by atoms with Gasteiger partial charge in [0.15, 0.2) is 0 Å². The summed E-state index contributed by atoms with van der Waals surface area (Å²) in [6.07, 6.45) is 1.15. The monoisotopic (exact) mass is 375 g/mol. The first-order valence-corrected chi connectivity index (χ1v) is 9.63. The Morgan fingerprint density at radius 1 is 1.23 bits per heavy atom. The Morgan fingerprint density at radius 2 is 1.96 bits per heavy atom. The van der Waals surface area contributed by atoms with Crippen molar-refractivity contribution in [2.24, 2.45) is 0 Å². The summed E-state index contributed by atoms with van der Waals surface area (Å²) in [4.78, 5) is 12.2. The summed E-state index contributed by atoms with van der Waals surface area (Å²) in [5, 5.41) is 11.4. The Balaban J connectivity index is 2.04. The highest BCUT2D eigenvalue weighted by atomic mass is 32.2. The molecule has 2 aromatic rings. The van der Waals surface area contributed by atoms with Crippen LogP contribution in [0, 0.1) is 17.1 Å². The van der Waals surface area contributed by atoms with Crippen LogP contribution in [0.1, 0.15) is 11.1 Å². The molecule has 1 N–H and O–H groups in total. The van der Waals surface area contributed by atoms with E-state index in [0.717, 1.165) is 10.6 Å². The number of hydrogen-bond donors (Lipinski definition) is 1. The fraction of sp³-hybridized carbons (Fsp3) is 0.222. The zero-order valence-corrected chi connectivity index (χ0v) is 15.0. The van der Waals surface area contributed by atoms with Crippen LogP contribution in [0.4, 0.5) is 10.1 Å². The van der Waals surface area contributed by atoms with Gasteiger partial charge >= 0.3 is 0 Å². The molecule has 0 fully saturated rings. The van der Waals surface area contributed by atoms with Gasteiger partial charge in [0.05, 0.1) is 24.4 Å². The third-order valence-electron chi connectivity index (χ3n) is 3.65. The highest BCUT2D eigenvalue weighted by molar-refractivity contribution is 7.88. The second-order valence-corrected chi connectivity index (χ2v) is 7.66. The highest BCUT2D eigenvalue weighted by Crippen LogP contribution is 2.12. The lowest BCUT2D eigenvalue weighted by Crippen LogP contribution is -2.38. The molecule has 8 heteroatoms. The van der Waals surface area contributed by atoms with Crippen molar-refractivity contribution < 1.29 is 17.6 Å². The van der Waals surface area contributed by atoms with E-state index in [4.69, 9.17) is 5.26 Å². The van der Waals surface area contributed by atoms with Gasteiger partial charge in [0, 0.05) is 12.2 Å². The Kier molecular flexibility index (Phi) is 6.44. The topological polar surface area (TPSA) is 90.3 Å². The van der Waals surface area contributed by atoms with Crippen molar-refractivity contribution in [3.05, 3.63) is 65.5 Å². The van der Waals surface area contributed by atoms with Crippen LogP contribution in [0.15, 0.2) is 48.5 Å². The summed E-state index contributed by atoms with van der Waals surface area (Å²) in [5.41, 5.74) is 1.15. The first-order chi connectivity index (χ1) is 12.3. The summed E-state index contributed by atoms with van der Waals surface area (Å²) in [5.74, 6) is -0.960. The highest BCUT2D eigenvalue weighted by Gasteiger charge is 2.20. The normalized spacial score (nSPS) is 11.2. The summed E-state index contributed by atoms with van der Waals surface area (Å²) in [6, 6.07) is 14.3. The Bertz CT molecular complexity index is 939. The lowest BCUT2D eigenvalue weighted by molar-refractivity contribution is -0.116. The van der Waals surface area contributed by atoms with Crippen LogP contribution >= 0.6 is 0 Å². The van der Waals surface area contributed by atoms with Crippen molar-refractivity contribution in [2.45, 2.75) is 6.42 Å². The number of nitrogens with zero attached hydrogens (tertiary/aromatic N) is 2. The minimum absolute atomic E-state index is 0.0224.